The van der Waals surface area contributed by atoms with Crippen LogP contribution in [0.1, 0.15) is 11.1 Å². The number of fused-ring (bicyclic) bond motifs is 1. The van der Waals surface area contributed by atoms with Crippen LogP contribution in [-0.2, 0) is 10.0 Å². The molecule has 3 heterocycles. The van der Waals surface area contributed by atoms with E-state index in [1.54, 1.807) is 36.7 Å². The van der Waals surface area contributed by atoms with Gasteiger partial charge in [-0.1, -0.05) is 29.6 Å². The molecular formula is C23H23N7O2S2. The number of nitrogens with zero attached hydrogens (tertiary/aromatic N) is 4. The first kappa shape index (κ1) is 22.4. The van der Waals surface area contributed by atoms with Gasteiger partial charge in [0.25, 0.3) is 0 Å². The SMILES string of the molecule is Nc1nc2ccc(/C=C/c3cnc(Nc4ccc(S(=O)(=O)N5CCNCC5)cc4)nc3)cc2s1. The fourth-order valence-corrected chi connectivity index (χ4v) is 5.84. The Balaban J connectivity index is 1.23. The van der Waals surface area contributed by atoms with Crippen molar-refractivity contribution in [1.82, 2.24) is 24.6 Å². The monoisotopic (exact) mass is 493 g/mol. The van der Waals surface area contributed by atoms with E-state index >= 15 is 0 Å². The molecule has 0 bridgehead atoms. The van der Waals surface area contributed by atoms with Gasteiger partial charge in [0.05, 0.1) is 15.1 Å². The van der Waals surface area contributed by atoms with Crippen LogP contribution < -0.4 is 16.4 Å². The fourth-order valence-electron chi connectivity index (χ4n) is 3.62. The first-order chi connectivity index (χ1) is 16.5. The Morgan fingerprint density at radius 1 is 1.00 bits per heavy atom. The summed E-state index contributed by atoms with van der Waals surface area (Å²) in [5, 5.41) is 6.82. The summed E-state index contributed by atoms with van der Waals surface area (Å²) in [6.45, 7) is 2.28. The highest BCUT2D eigenvalue weighted by atomic mass is 32.2. The number of thiazole rings is 1. The third kappa shape index (κ3) is 4.92. The number of sulfonamides is 1. The molecule has 9 nitrogen and oxygen atoms in total. The van der Waals surface area contributed by atoms with Gasteiger partial charge < -0.3 is 16.4 Å². The molecule has 4 N–H and O–H groups in total. The molecule has 0 amide bonds. The zero-order valence-electron chi connectivity index (χ0n) is 18.2. The van der Waals surface area contributed by atoms with Gasteiger partial charge in [-0.15, -0.1) is 0 Å². The molecule has 174 valence electrons. The molecule has 1 aliphatic rings. The van der Waals surface area contributed by atoms with Crippen molar-refractivity contribution in [3.63, 3.8) is 0 Å². The predicted molar refractivity (Wildman–Crippen MR) is 136 cm³/mol. The molecule has 5 rings (SSSR count). The minimum Gasteiger partial charge on any atom is -0.375 e. The predicted octanol–water partition coefficient (Wildman–Crippen LogP) is 3.18. The maximum absolute atomic E-state index is 12.8. The van der Waals surface area contributed by atoms with E-state index in [0.29, 0.717) is 42.9 Å². The summed E-state index contributed by atoms with van der Waals surface area (Å²) in [6, 6.07) is 12.6. The summed E-state index contributed by atoms with van der Waals surface area (Å²) >= 11 is 1.46. The number of rotatable bonds is 6. The Labute approximate surface area is 201 Å². The van der Waals surface area contributed by atoms with Crippen molar-refractivity contribution in [2.45, 2.75) is 4.90 Å². The second-order valence-electron chi connectivity index (χ2n) is 7.76. The first-order valence-corrected chi connectivity index (χ1v) is 13.0. The van der Waals surface area contributed by atoms with Crippen molar-refractivity contribution in [1.29, 1.82) is 0 Å². The summed E-state index contributed by atoms with van der Waals surface area (Å²) in [7, 11) is -3.48. The number of nitrogens with one attached hydrogen (secondary N) is 2. The molecule has 2 aromatic carbocycles. The van der Waals surface area contributed by atoms with E-state index < -0.39 is 10.0 Å². The normalized spacial score (nSPS) is 15.2. The largest absolute Gasteiger partial charge is 0.375 e. The van der Waals surface area contributed by atoms with Crippen molar-refractivity contribution < 1.29 is 8.42 Å². The van der Waals surface area contributed by atoms with E-state index in [4.69, 9.17) is 5.73 Å². The number of aromatic nitrogens is 3. The molecule has 1 aliphatic heterocycles. The third-order valence-electron chi connectivity index (χ3n) is 5.39. The van der Waals surface area contributed by atoms with Gasteiger partial charge in [0.2, 0.25) is 16.0 Å². The lowest BCUT2D eigenvalue weighted by atomic mass is 10.2. The van der Waals surface area contributed by atoms with Crippen molar-refractivity contribution in [2.75, 3.05) is 37.2 Å². The molecule has 0 unspecified atom stereocenters. The molecule has 0 spiro atoms. The zero-order valence-corrected chi connectivity index (χ0v) is 19.8. The zero-order chi connectivity index (χ0) is 23.5. The molecule has 1 fully saturated rings. The molecular weight excluding hydrogens is 470 g/mol. The van der Waals surface area contributed by atoms with Crippen LogP contribution in [-0.4, -0.2) is 53.9 Å². The van der Waals surface area contributed by atoms with E-state index in [2.05, 4.69) is 25.6 Å². The molecule has 1 saturated heterocycles. The molecule has 34 heavy (non-hydrogen) atoms. The number of piperazine rings is 1. The van der Waals surface area contributed by atoms with Crippen LogP contribution in [0.4, 0.5) is 16.8 Å². The maximum atomic E-state index is 12.8. The lowest BCUT2D eigenvalue weighted by Crippen LogP contribution is -2.46. The maximum Gasteiger partial charge on any atom is 0.243 e. The van der Waals surface area contributed by atoms with Crippen molar-refractivity contribution in [3.05, 3.63) is 66.0 Å². The second kappa shape index (κ2) is 9.47. The molecule has 0 atom stereocenters. The summed E-state index contributed by atoms with van der Waals surface area (Å²) < 4.78 is 28.1. The minimum atomic E-state index is -3.48. The van der Waals surface area contributed by atoms with Crippen molar-refractivity contribution >= 4 is 60.5 Å². The van der Waals surface area contributed by atoms with Crippen LogP contribution in [0.3, 0.4) is 0 Å². The van der Waals surface area contributed by atoms with Gasteiger partial charge in [-0.05, 0) is 42.0 Å². The summed E-state index contributed by atoms with van der Waals surface area (Å²) in [5.41, 5.74) is 9.26. The minimum absolute atomic E-state index is 0.278. The van der Waals surface area contributed by atoms with Gasteiger partial charge in [0.1, 0.15) is 0 Å². The highest BCUT2D eigenvalue weighted by molar-refractivity contribution is 7.89. The van der Waals surface area contributed by atoms with E-state index in [1.165, 1.54) is 15.6 Å². The topological polar surface area (TPSA) is 126 Å². The lowest BCUT2D eigenvalue weighted by molar-refractivity contribution is 0.360. The highest BCUT2D eigenvalue weighted by Crippen LogP contribution is 2.25. The Hall–Kier alpha value is -3.38. The smallest absolute Gasteiger partial charge is 0.243 e. The van der Waals surface area contributed by atoms with Crippen LogP contribution in [0.2, 0.25) is 0 Å². The molecule has 2 aromatic heterocycles. The van der Waals surface area contributed by atoms with E-state index in [0.717, 1.165) is 21.3 Å². The van der Waals surface area contributed by atoms with Gasteiger partial charge in [0, 0.05) is 49.8 Å². The Kier molecular flexibility index (Phi) is 6.24. The van der Waals surface area contributed by atoms with Gasteiger partial charge in [-0.2, -0.15) is 4.31 Å². The number of hydrogen-bond acceptors (Lipinski definition) is 9. The van der Waals surface area contributed by atoms with E-state index in [1.807, 2.05) is 30.4 Å². The Bertz CT molecular complexity index is 1430. The lowest BCUT2D eigenvalue weighted by Gasteiger charge is -2.26. The standard InChI is InChI=1S/C23H23N7O2S2/c24-22-29-20-8-3-16(13-21(20)33-22)1-2-17-14-26-23(27-15-17)28-18-4-6-19(7-5-18)34(31,32)30-11-9-25-10-12-30/h1-8,13-15,25H,9-12H2,(H2,24,29)(H,26,27,28)/b2-1+. The highest BCUT2D eigenvalue weighted by Gasteiger charge is 2.25. The summed E-state index contributed by atoms with van der Waals surface area (Å²) in [4.78, 5) is 13.2. The van der Waals surface area contributed by atoms with Crippen molar-refractivity contribution in [2.24, 2.45) is 0 Å². The average molecular weight is 494 g/mol. The number of hydrogen-bond donors (Lipinski definition) is 3. The van der Waals surface area contributed by atoms with E-state index in [-0.39, 0.29) is 4.90 Å². The third-order valence-corrected chi connectivity index (χ3v) is 8.15. The van der Waals surface area contributed by atoms with Gasteiger partial charge >= 0.3 is 0 Å². The number of benzene rings is 2. The second-order valence-corrected chi connectivity index (χ2v) is 10.8. The number of nitrogens with two attached hydrogens (primary N) is 1. The van der Waals surface area contributed by atoms with E-state index in [9.17, 15) is 8.42 Å². The Morgan fingerprint density at radius 3 is 2.44 bits per heavy atom. The number of nitrogen functional groups attached to an aromatic ring is 1. The molecule has 11 heteroatoms. The molecule has 0 aliphatic carbocycles. The average Bonchev–Trinajstić information content (AvgIpc) is 3.24. The van der Waals surface area contributed by atoms with Crippen LogP contribution in [0.25, 0.3) is 22.4 Å². The van der Waals surface area contributed by atoms with Crippen LogP contribution in [0.5, 0.6) is 0 Å². The van der Waals surface area contributed by atoms with Crippen LogP contribution >= 0.6 is 11.3 Å². The van der Waals surface area contributed by atoms with Gasteiger partial charge in [-0.25, -0.2) is 23.4 Å². The van der Waals surface area contributed by atoms with Crippen LogP contribution in [0, 0.1) is 0 Å². The molecule has 0 radical (unpaired) electrons. The van der Waals surface area contributed by atoms with Crippen LogP contribution in [0.15, 0.2) is 59.8 Å². The quantitative estimate of drug-likeness (QED) is 0.374. The van der Waals surface area contributed by atoms with Crippen molar-refractivity contribution in [3.8, 4) is 0 Å². The fraction of sp³-hybridized carbons (Fsp3) is 0.174. The molecule has 0 saturated carbocycles. The van der Waals surface area contributed by atoms with Gasteiger partial charge in [0.15, 0.2) is 5.13 Å². The Morgan fingerprint density at radius 2 is 1.71 bits per heavy atom. The van der Waals surface area contributed by atoms with Gasteiger partial charge in [-0.3, -0.25) is 0 Å². The number of anilines is 3. The summed E-state index contributed by atoms with van der Waals surface area (Å²) in [5.74, 6) is 0.427. The first-order valence-electron chi connectivity index (χ1n) is 10.7. The molecule has 4 aromatic rings. The summed E-state index contributed by atoms with van der Waals surface area (Å²) in [6.07, 6.45) is 7.36.